The molecule has 1 aliphatic heterocycles. The maximum absolute atomic E-state index is 5.79. The van der Waals surface area contributed by atoms with Gasteiger partial charge >= 0.3 is 0 Å². The normalized spacial score (nSPS) is 24.3. The molecule has 3 heteroatoms. The van der Waals surface area contributed by atoms with E-state index >= 15 is 0 Å². The van der Waals surface area contributed by atoms with E-state index in [1.165, 1.54) is 11.3 Å². The van der Waals surface area contributed by atoms with Crippen LogP contribution in [0.25, 0.3) is 0 Å². The van der Waals surface area contributed by atoms with Crippen LogP contribution in [0.1, 0.15) is 25.6 Å². The lowest BCUT2D eigenvalue weighted by atomic mass is 10.1. The molecule has 2 rings (SSSR count). The van der Waals surface area contributed by atoms with Crippen LogP contribution in [0.4, 0.5) is 5.69 Å². The number of hydrogen-bond donors (Lipinski definition) is 1. The zero-order valence-electron chi connectivity index (χ0n) is 11.1. The zero-order chi connectivity index (χ0) is 12.4. The Hall–Kier alpha value is -1.06. The molecule has 0 saturated carbocycles. The molecular formula is C14H22N2O. The molecule has 1 saturated heterocycles. The molecule has 17 heavy (non-hydrogen) atoms. The van der Waals surface area contributed by atoms with E-state index in [0.29, 0.717) is 12.0 Å². The summed E-state index contributed by atoms with van der Waals surface area (Å²) in [5.41, 5.74) is 2.42. The van der Waals surface area contributed by atoms with Gasteiger partial charge in [-0.15, -0.1) is 0 Å². The molecule has 1 aliphatic rings. The molecule has 0 unspecified atom stereocenters. The highest BCUT2D eigenvalue weighted by Gasteiger charge is 2.27. The van der Waals surface area contributed by atoms with Crippen LogP contribution in [-0.2, 0) is 4.74 Å². The number of ether oxygens (including phenoxy) is 1. The molecule has 0 aliphatic carbocycles. The Morgan fingerprint density at radius 2 is 1.88 bits per heavy atom. The molecule has 0 radical (unpaired) electrons. The van der Waals surface area contributed by atoms with Gasteiger partial charge in [-0.3, -0.25) is 5.32 Å². The second-order valence-electron chi connectivity index (χ2n) is 5.22. The topological polar surface area (TPSA) is 24.5 Å². The summed E-state index contributed by atoms with van der Waals surface area (Å²) in [5.74, 6) is 0.612. The second kappa shape index (κ2) is 5.07. The molecule has 94 valence electrons. The minimum absolute atomic E-state index is 0.0543. The zero-order valence-corrected chi connectivity index (χ0v) is 11.1. The van der Waals surface area contributed by atoms with Crippen LogP contribution in [0.2, 0.25) is 0 Å². The Kier molecular flexibility index (Phi) is 3.69. The second-order valence-corrected chi connectivity index (χ2v) is 5.22. The molecule has 1 aromatic carbocycles. The monoisotopic (exact) mass is 234 g/mol. The highest BCUT2D eigenvalue weighted by molar-refractivity contribution is 5.46. The van der Waals surface area contributed by atoms with Gasteiger partial charge in [0.05, 0.1) is 6.61 Å². The standard InChI is InChI=1S/C14H22N2O/c1-10(2)13-9-17-14(15-13)11-5-7-12(8-6-11)16(3)4/h5-8,10,13-15H,9H2,1-4H3/t13-,14+/m1/s1. The maximum Gasteiger partial charge on any atom is 0.134 e. The van der Waals surface area contributed by atoms with E-state index in [2.05, 4.69) is 48.3 Å². The first kappa shape index (κ1) is 12.4. The van der Waals surface area contributed by atoms with Gasteiger partial charge in [0, 0.05) is 25.8 Å². The molecule has 1 aromatic rings. The summed E-state index contributed by atoms with van der Waals surface area (Å²) in [7, 11) is 4.10. The van der Waals surface area contributed by atoms with Crippen molar-refractivity contribution in [1.29, 1.82) is 0 Å². The predicted molar refractivity (Wildman–Crippen MR) is 71.2 cm³/mol. The fourth-order valence-electron chi connectivity index (χ4n) is 2.02. The summed E-state index contributed by atoms with van der Waals surface area (Å²) in [4.78, 5) is 2.10. The first-order chi connectivity index (χ1) is 8.08. The highest BCUT2D eigenvalue weighted by Crippen LogP contribution is 2.25. The molecule has 1 fully saturated rings. The van der Waals surface area contributed by atoms with Crippen molar-refractivity contribution < 1.29 is 4.74 Å². The van der Waals surface area contributed by atoms with Crippen LogP contribution in [0.5, 0.6) is 0 Å². The van der Waals surface area contributed by atoms with E-state index < -0.39 is 0 Å². The number of hydrogen-bond acceptors (Lipinski definition) is 3. The van der Waals surface area contributed by atoms with Gasteiger partial charge < -0.3 is 9.64 Å². The largest absolute Gasteiger partial charge is 0.378 e. The molecule has 0 spiro atoms. The fourth-order valence-corrected chi connectivity index (χ4v) is 2.02. The van der Waals surface area contributed by atoms with Gasteiger partial charge in [-0.2, -0.15) is 0 Å². The maximum atomic E-state index is 5.79. The molecular weight excluding hydrogens is 212 g/mol. The Labute approximate surface area is 104 Å². The van der Waals surface area contributed by atoms with Gasteiger partial charge in [-0.05, 0) is 23.6 Å². The SMILES string of the molecule is CC(C)[C@H]1CO[C@@H](c2ccc(N(C)C)cc2)N1. The summed E-state index contributed by atoms with van der Waals surface area (Å²) < 4.78 is 5.79. The van der Waals surface area contributed by atoms with Crippen LogP contribution in [0.15, 0.2) is 24.3 Å². The lowest BCUT2D eigenvalue weighted by Gasteiger charge is -2.16. The molecule has 3 nitrogen and oxygen atoms in total. The van der Waals surface area contributed by atoms with Crippen LogP contribution in [-0.4, -0.2) is 26.7 Å². The van der Waals surface area contributed by atoms with Crippen LogP contribution in [0, 0.1) is 5.92 Å². The molecule has 0 bridgehead atoms. The van der Waals surface area contributed by atoms with Gasteiger partial charge in [-0.1, -0.05) is 26.0 Å². The van der Waals surface area contributed by atoms with E-state index in [1.54, 1.807) is 0 Å². The van der Waals surface area contributed by atoms with Crippen molar-refractivity contribution in [3.05, 3.63) is 29.8 Å². The van der Waals surface area contributed by atoms with E-state index in [9.17, 15) is 0 Å². The number of anilines is 1. The number of nitrogens with one attached hydrogen (secondary N) is 1. The average Bonchev–Trinajstić information content (AvgIpc) is 2.78. The van der Waals surface area contributed by atoms with Crippen molar-refractivity contribution in [3.8, 4) is 0 Å². The van der Waals surface area contributed by atoms with E-state index in [4.69, 9.17) is 4.74 Å². The fraction of sp³-hybridized carbons (Fsp3) is 0.571. The third-order valence-electron chi connectivity index (χ3n) is 3.32. The average molecular weight is 234 g/mol. The molecule has 1 N–H and O–H groups in total. The summed E-state index contributed by atoms with van der Waals surface area (Å²) in [5, 5.41) is 3.52. The smallest absolute Gasteiger partial charge is 0.134 e. The highest BCUT2D eigenvalue weighted by atomic mass is 16.5. The van der Waals surface area contributed by atoms with E-state index in [-0.39, 0.29) is 6.23 Å². The Bertz CT molecular complexity index is 359. The Balaban J connectivity index is 2.04. The van der Waals surface area contributed by atoms with Gasteiger partial charge in [0.1, 0.15) is 6.23 Å². The molecule has 0 amide bonds. The van der Waals surface area contributed by atoms with Gasteiger partial charge in [0.2, 0.25) is 0 Å². The van der Waals surface area contributed by atoms with Crippen LogP contribution >= 0.6 is 0 Å². The van der Waals surface area contributed by atoms with Crippen molar-refractivity contribution in [1.82, 2.24) is 5.32 Å². The number of nitrogens with zero attached hydrogens (tertiary/aromatic N) is 1. The first-order valence-electron chi connectivity index (χ1n) is 6.23. The summed E-state index contributed by atoms with van der Waals surface area (Å²) in [6.45, 7) is 5.24. The van der Waals surface area contributed by atoms with Crippen molar-refractivity contribution >= 4 is 5.69 Å². The van der Waals surface area contributed by atoms with Crippen molar-refractivity contribution in [2.24, 2.45) is 5.92 Å². The first-order valence-corrected chi connectivity index (χ1v) is 6.23. The third-order valence-corrected chi connectivity index (χ3v) is 3.32. The lowest BCUT2D eigenvalue weighted by Crippen LogP contribution is -2.30. The van der Waals surface area contributed by atoms with Gasteiger partial charge in [0.25, 0.3) is 0 Å². The van der Waals surface area contributed by atoms with Crippen LogP contribution < -0.4 is 10.2 Å². The minimum atomic E-state index is 0.0543. The van der Waals surface area contributed by atoms with Crippen molar-refractivity contribution in [3.63, 3.8) is 0 Å². The number of rotatable bonds is 3. The quantitative estimate of drug-likeness (QED) is 0.869. The summed E-state index contributed by atoms with van der Waals surface area (Å²) >= 11 is 0. The van der Waals surface area contributed by atoms with Gasteiger partial charge in [0.15, 0.2) is 0 Å². The van der Waals surface area contributed by atoms with Crippen LogP contribution in [0.3, 0.4) is 0 Å². The Morgan fingerprint density at radius 1 is 1.24 bits per heavy atom. The van der Waals surface area contributed by atoms with E-state index in [1.807, 2.05) is 14.1 Å². The predicted octanol–water partition coefficient (Wildman–Crippen LogP) is 2.40. The molecule has 0 aromatic heterocycles. The minimum Gasteiger partial charge on any atom is -0.378 e. The Morgan fingerprint density at radius 3 is 2.35 bits per heavy atom. The summed E-state index contributed by atoms with van der Waals surface area (Å²) in [6, 6.07) is 8.99. The van der Waals surface area contributed by atoms with E-state index in [0.717, 1.165) is 6.61 Å². The molecule has 2 atom stereocenters. The third kappa shape index (κ3) is 2.79. The van der Waals surface area contributed by atoms with Crippen molar-refractivity contribution in [2.75, 3.05) is 25.6 Å². The summed E-state index contributed by atoms with van der Waals surface area (Å²) in [6.07, 6.45) is 0.0543. The lowest BCUT2D eigenvalue weighted by molar-refractivity contribution is 0.1000. The number of benzene rings is 1. The molecule has 1 heterocycles. The van der Waals surface area contributed by atoms with Gasteiger partial charge in [-0.25, -0.2) is 0 Å². The van der Waals surface area contributed by atoms with Crippen molar-refractivity contribution in [2.45, 2.75) is 26.1 Å².